The van der Waals surface area contributed by atoms with E-state index in [1.165, 1.54) is 12.0 Å². The summed E-state index contributed by atoms with van der Waals surface area (Å²) < 4.78 is 45.7. The molecule has 7 heteroatoms. The van der Waals surface area contributed by atoms with Gasteiger partial charge in [0, 0.05) is 13.1 Å². The summed E-state index contributed by atoms with van der Waals surface area (Å²) in [6.07, 6.45) is -5.14. The van der Waals surface area contributed by atoms with Crippen LogP contribution in [0.3, 0.4) is 0 Å². The lowest BCUT2D eigenvalue weighted by atomic mass is 10.2. The number of carbonyl (C=O) groups is 1. The predicted molar refractivity (Wildman–Crippen MR) is 48.9 cm³/mol. The summed E-state index contributed by atoms with van der Waals surface area (Å²) in [5.41, 5.74) is 0. The van der Waals surface area contributed by atoms with Gasteiger partial charge in [0.05, 0.1) is 26.7 Å². The van der Waals surface area contributed by atoms with Crippen molar-refractivity contribution in [2.24, 2.45) is 0 Å². The van der Waals surface area contributed by atoms with Gasteiger partial charge in [0.15, 0.2) is 0 Å². The average Bonchev–Trinajstić information content (AvgIpc) is 2.25. The van der Waals surface area contributed by atoms with Gasteiger partial charge in [0.25, 0.3) is 0 Å². The minimum Gasteiger partial charge on any atom is -0.468 e. The summed E-state index contributed by atoms with van der Waals surface area (Å²) in [6, 6.07) is -0.721. The van der Waals surface area contributed by atoms with E-state index in [4.69, 9.17) is 4.74 Å². The molecular weight excluding hydrogens is 227 g/mol. The molecule has 0 amide bonds. The maximum atomic E-state index is 12.0. The van der Waals surface area contributed by atoms with E-state index in [1.54, 1.807) is 0 Å². The number of carbonyl (C=O) groups excluding carboxylic acids is 1. The number of alkyl halides is 3. The zero-order chi connectivity index (χ0) is 12.2. The van der Waals surface area contributed by atoms with E-state index < -0.39 is 24.6 Å². The van der Waals surface area contributed by atoms with Crippen molar-refractivity contribution in [3.63, 3.8) is 0 Å². The van der Waals surface area contributed by atoms with Crippen LogP contribution in [0, 0.1) is 0 Å². The highest BCUT2D eigenvalue weighted by Crippen LogP contribution is 2.21. The number of hydrogen-bond acceptors (Lipinski definition) is 4. The highest BCUT2D eigenvalue weighted by atomic mass is 19.4. The van der Waals surface area contributed by atoms with Crippen LogP contribution in [0.25, 0.3) is 0 Å². The Kier molecular flexibility index (Phi) is 4.55. The van der Waals surface area contributed by atoms with Crippen LogP contribution in [-0.2, 0) is 14.3 Å². The van der Waals surface area contributed by atoms with E-state index in [0.29, 0.717) is 13.2 Å². The van der Waals surface area contributed by atoms with Crippen molar-refractivity contribution in [1.29, 1.82) is 0 Å². The van der Waals surface area contributed by atoms with Crippen molar-refractivity contribution >= 4 is 5.97 Å². The number of methoxy groups -OCH3 is 1. The van der Waals surface area contributed by atoms with Gasteiger partial charge in [-0.3, -0.25) is 9.69 Å². The number of nitrogens with zero attached hydrogens (tertiary/aromatic N) is 1. The number of halogens is 3. The van der Waals surface area contributed by atoms with Crippen molar-refractivity contribution < 1.29 is 27.4 Å². The molecule has 16 heavy (non-hydrogen) atoms. The summed E-state index contributed by atoms with van der Waals surface area (Å²) in [7, 11) is 1.21. The van der Waals surface area contributed by atoms with Gasteiger partial charge in [-0.05, 0) is 0 Å². The number of rotatable bonds is 3. The lowest BCUT2D eigenvalue weighted by Gasteiger charge is -2.33. The van der Waals surface area contributed by atoms with Crippen LogP contribution in [0.1, 0.15) is 6.42 Å². The Morgan fingerprint density at radius 3 is 2.81 bits per heavy atom. The van der Waals surface area contributed by atoms with Gasteiger partial charge < -0.3 is 9.47 Å². The van der Waals surface area contributed by atoms with E-state index in [9.17, 15) is 18.0 Å². The van der Waals surface area contributed by atoms with Crippen molar-refractivity contribution in [3.8, 4) is 0 Å². The normalized spacial score (nSPS) is 23.1. The average molecular weight is 241 g/mol. The van der Waals surface area contributed by atoms with Gasteiger partial charge in [-0.25, -0.2) is 0 Å². The summed E-state index contributed by atoms with van der Waals surface area (Å²) in [4.78, 5) is 12.7. The van der Waals surface area contributed by atoms with Crippen molar-refractivity contribution in [2.45, 2.75) is 18.6 Å². The van der Waals surface area contributed by atoms with E-state index in [2.05, 4.69) is 4.74 Å². The molecule has 0 aromatic carbocycles. The molecule has 0 aromatic heterocycles. The van der Waals surface area contributed by atoms with Gasteiger partial charge in [-0.2, -0.15) is 13.2 Å². The van der Waals surface area contributed by atoms with Crippen LogP contribution in [0.15, 0.2) is 0 Å². The Morgan fingerprint density at radius 2 is 2.25 bits per heavy atom. The van der Waals surface area contributed by atoms with Crippen LogP contribution in [0.2, 0.25) is 0 Å². The molecular formula is C9H14F3NO3. The van der Waals surface area contributed by atoms with Crippen molar-refractivity contribution in [2.75, 3.05) is 33.4 Å². The minimum atomic E-state index is -4.21. The third-order valence-corrected chi connectivity index (χ3v) is 2.40. The summed E-state index contributed by atoms with van der Waals surface area (Å²) in [5, 5.41) is 0. The molecule has 0 N–H and O–H groups in total. The van der Waals surface area contributed by atoms with Crippen LogP contribution < -0.4 is 0 Å². The fraction of sp³-hybridized carbons (Fsp3) is 0.889. The molecule has 1 fully saturated rings. The molecule has 0 spiro atoms. The Balaban J connectivity index is 2.50. The summed E-state index contributed by atoms with van der Waals surface area (Å²) in [6.45, 7) is 0.540. The Labute approximate surface area is 91.3 Å². The van der Waals surface area contributed by atoms with Crippen LogP contribution >= 0.6 is 0 Å². The summed E-state index contributed by atoms with van der Waals surface area (Å²) in [5.74, 6) is -0.554. The predicted octanol–water partition coefficient (Wildman–Crippen LogP) is 0.813. The second-order valence-electron chi connectivity index (χ2n) is 3.52. The molecule has 1 aliphatic heterocycles. The zero-order valence-corrected chi connectivity index (χ0v) is 8.92. The molecule has 0 aliphatic carbocycles. The Morgan fingerprint density at radius 1 is 1.56 bits per heavy atom. The fourth-order valence-electron chi connectivity index (χ4n) is 1.53. The SMILES string of the molecule is COC(=O)C1COCCN1CCC(F)(F)F. The molecule has 1 aliphatic rings. The monoisotopic (exact) mass is 241 g/mol. The van der Waals surface area contributed by atoms with Crippen LogP contribution in [-0.4, -0.2) is 56.5 Å². The maximum absolute atomic E-state index is 12.0. The van der Waals surface area contributed by atoms with Crippen molar-refractivity contribution in [3.05, 3.63) is 0 Å². The molecule has 0 aromatic rings. The first-order chi connectivity index (χ1) is 7.44. The Bertz CT molecular complexity index is 245. The van der Waals surface area contributed by atoms with Crippen LogP contribution in [0.5, 0.6) is 0 Å². The first-order valence-corrected chi connectivity index (χ1v) is 4.90. The van der Waals surface area contributed by atoms with E-state index >= 15 is 0 Å². The largest absolute Gasteiger partial charge is 0.468 e. The highest BCUT2D eigenvalue weighted by Gasteiger charge is 2.34. The second kappa shape index (κ2) is 5.49. The van der Waals surface area contributed by atoms with Gasteiger partial charge >= 0.3 is 12.1 Å². The van der Waals surface area contributed by atoms with Crippen molar-refractivity contribution in [1.82, 2.24) is 4.90 Å². The van der Waals surface area contributed by atoms with Gasteiger partial charge in [-0.1, -0.05) is 0 Å². The topological polar surface area (TPSA) is 38.8 Å². The van der Waals surface area contributed by atoms with E-state index in [1.807, 2.05) is 0 Å². The fourth-order valence-corrected chi connectivity index (χ4v) is 1.53. The standard InChI is InChI=1S/C9H14F3NO3/c1-15-8(14)7-6-16-5-4-13(7)3-2-9(10,11)12/h7H,2-6H2,1H3. The number of esters is 1. The lowest BCUT2D eigenvalue weighted by Crippen LogP contribution is -2.51. The summed E-state index contributed by atoms with van der Waals surface area (Å²) >= 11 is 0. The zero-order valence-electron chi connectivity index (χ0n) is 8.92. The second-order valence-corrected chi connectivity index (χ2v) is 3.52. The third-order valence-electron chi connectivity index (χ3n) is 2.40. The quantitative estimate of drug-likeness (QED) is 0.685. The van der Waals surface area contributed by atoms with Gasteiger partial charge in [-0.15, -0.1) is 0 Å². The first-order valence-electron chi connectivity index (χ1n) is 4.90. The molecule has 0 bridgehead atoms. The molecule has 1 atom stereocenters. The van der Waals surface area contributed by atoms with E-state index in [0.717, 1.165) is 0 Å². The smallest absolute Gasteiger partial charge is 0.390 e. The molecule has 4 nitrogen and oxygen atoms in total. The van der Waals surface area contributed by atoms with E-state index in [-0.39, 0.29) is 13.2 Å². The molecule has 1 saturated heterocycles. The van der Waals surface area contributed by atoms with Gasteiger partial charge in [0.2, 0.25) is 0 Å². The minimum absolute atomic E-state index is 0.0878. The third kappa shape index (κ3) is 3.97. The molecule has 1 heterocycles. The molecule has 94 valence electrons. The lowest BCUT2D eigenvalue weighted by molar-refractivity contribution is -0.160. The highest BCUT2D eigenvalue weighted by molar-refractivity contribution is 5.75. The number of morpholine rings is 1. The van der Waals surface area contributed by atoms with Gasteiger partial charge in [0.1, 0.15) is 6.04 Å². The molecule has 1 unspecified atom stereocenters. The molecule has 1 rings (SSSR count). The molecule has 0 radical (unpaired) electrons. The first kappa shape index (κ1) is 13.2. The number of ether oxygens (including phenoxy) is 2. The molecule has 0 saturated carbocycles. The Hall–Kier alpha value is -0.820. The maximum Gasteiger partial charge on any atom is 0.390 e. The number of hydrogen-bond donors (Lipinski definition) is 0. The van der Waals surface area contributed by atoms with Crippen LogP contribution in [0.4, 0.5) is 13.2 Å².